The van der Waals surface area contributed by atoms with Gasteiger partial charge in [-0.05, 0) is 75.0 Å². The predicted molar refractivity (Wildman–Crippen MR) is 107 cm³/mol. The van der Waals surface area contributed by atoms with E-state index in [4.69, 9.17) is 0 Å². The molecule has 0 aliphatic carbocycles. The Morgan fingerprint density at radius 2 is 1.78 bits per heavy atom. The number of benzene rings is 2. The summed E-state index contributed by atoms with van der Waals surface area (Å²) in [4.78, 5) is 14.4. The van der Waals surface area contributed by atoms with E-state index in [1.54, 1.807) is 6.07 Å². The number of hydrogen-bond acceptors (Lipinski definition) is 2. The van der Waals surface area contributed by atoms with Crippen LogP contribution in [0, 0.1) is 25.6 Å². The Labute approximate surface area is 160 Å². The third-order valence-electron chi connectivity index (χ3n) is 5.09. The summed E-state index contributed by atoms with van der Waals surface area (Å²) in [6.07, 6.45) is 2.02. The fourth-order valence-corrected chi connectivity index (χ4v) is 3.68. The van der Waals surface area contributed by atoms with Crippen LogP contribution in [0.2, 0.25) is 0 Å². The number of amides is 2. The van der Waals surface area contributed by atoms with Gasteiger partial charge < -0.3 is 10.6 Å². The van der Waals surface area contributed by atoms with Crippen LogP contribution < -0.4 is 10.6 Å². The third-order valence-corrected chi connectivity index (χ3v) is 5.09. The van der Waals surface area contributed by atoms with Crippen LogP contribution in [-0.4, -0.2) is 30.6 Å². The molecule has 2 aromatic rings. The quantitative estimate of drug-likeness (QED) is 0.816. The lowest BCUT2D eigenvalue weighted by Gasteiger charge is -2.32. The Bertz CT molecular complexity index is 765. The molecule has 1 fully saturated rings. The lowest BCUT2D eigenvalue weighted by molar-refractivity contribution is 0.174. The first-order valence-electron chi connectivity index (χ1n) is 9.58. The van der Waals surface area contributed by atoms with E-state index < -0.39 is 0 Å². The van der Waals surface area contributed by atoms with E-state index in [1.807, 2.05) is 38.1 Å². The van der Waals surface area contributed by atoms with E-state index in [1.165, 1.54) is 6.07 Å². The number of carbonyl (C=O) groups excluding carboxylic acids is 1. The summed E-state index contributed by atoms with van der Waals surface area (Å²) in [5, 5.41) is 5.89. The van der Waals surface area contributed by atoms with Crippen molar-refractivity contribution in [1.29, 1.82) is 0 Å². The summed E-state index contributed by atoms with van der Waals surface area (Å²) in [5.74, 6) is 0.330. The molecule has 5 heteroatoms. The molecule has 2 N–H and O–H groups in total. The fourth-order valence-electron chi connectivity index (χ4n) is 3.68. The first kappa shape index (κ1) is 19.4. The van der Waals surface area contributed by atoms with Crippen LogP contribution in [0.1, 0.15) is 29.5 Å². The largest absolute Gasteiger partial charge is 0.338 e. The van der Waals surface area contributed by atoms with Crippen molar-refractivity contribution in [1.82, 2.24) is 10.2 Å². The minimum Gasteiger partial charge on any atom is -0.338 e. The molecule has 1 saturated heterocycles. The number of piperidine rings is 1. The third kappa shape index (κ3) is 5.79. The van der Waals surface area contributed by atoms with E-state index in [9.17, 15) is 9.18 Å². The minimum atomic E-state index is -0.159. The molecular formula is C22H28FN3O. The normalized spacial score (nSPS) is 15.5. The molecule has 0 atom stereocenters. The van der Waals surface area contributed by atoms with Gasteiger partial charge in [0.25, 0.3) is 0 Å². The van der Waals surface area contributed by atoms with E-state index in [0.717, 1.165) is 48.3 Å². The second kappa shape index (κ2) is 9.00. The Balaban J connectivity index is 1.40. The average molecular weight is 369 g/mol. The molecule has 0 saturated carbocycles. The Morgan fingerprint density at radius 1 is 1.11 bits per heavy atom. The number of aryl methyl sites for hydroxylation is 2. The lowest BCUT2D eigenvalue weighted by atomic mass is 9.96. The molecule has 4 nitrogen and oxygen atoms in total. The fraction of sp³-hybridized carbons (Fsp3) is 0.409. The highest BCUT2D eigenvalue weighted by atomic mass is 19.1. The van der Waals surface area contributed by atoms with E-state index in [2.05, 4.69) is 21.6 Å². The van der Waals surface area contributed by atoms with Gasteiger partial charge in [0.1, 0.15) is 5.82 Å². The van der Waals surface area contributed by atoms with Crippen molar-refractivity contribution in [3.63, 3.8) is 0 Å². The summed E-state index contributed by atoms with van der Waals surface area (Å²) in [7, 11) is 0. The Kier molecular flexibility index (Phi) is 6.45. The summed E-state index contributed by atoms with van der Waals surface area (Å²) < 4.78 is 13.8. The maximum absolute atomic E-state index is 13.8. The zero-order valence-corrected chi connectivity index (χ0v) is 16.1. The van der Waals surface area contributed by atoms with Crippen LogP contribution in [0.3, 0.4) is 0 Å². The first-order chi connectivity index (χ1) is 13.0. The molecule has 1 aliphatic rings. The van der Waals surface area contributed by atoms with E-state index >= 15 is 0 Å². The molecule has 0 radical (unpaired) electrons. The van der Waals surface area contributed by atoms with Crippen molar-refractivity contribution in [3.05, 3.63) is 65.0 Å². The van der Waals surface area contributed by atoms with Crippen LogP contribution in [0.5, 0.6) is 0 Å². The van der Waals surface area contributed by atoms with Gasteiger partial charge in [0.05, 0.1) is 0 Å². The number of carbonyl (C=O) groups is 1. The molecule has 0 bridgehead atoms. The average Bonchev–Trinajstić information content (AvgIpc) is 2.62. The number of urea groups is 1. The van der Waals surface area contributed by atoms with Gasteiger partial charge in [-0.1, -0.05) is 24.3 Å². The minimum absolute atomic E-state index is 0.135. The van der Waals surface area contributed by atoms with Gasteiger partial charge in [-0.25, -0.2) is 9.18 Å². The standard InChI is InChI=1S/C22H28FN3O/c1-16-11-17(2)13-20(12-16)25-22(27)24-14-18-7-9-26(10-8-18)15-19-5-3-4-6-21(19)23/h3-6,11-13,18H,7-10,14-15H2,1-2H3,(H2,24,25,27). The summed E-state index contributed by atoms with van der Waals surface area (Å²) in [5.41, 5.74) is 3.84. The monoisotopic (exact) mass is 369 g/mol. The molecule has 27 heavy (non-hydrogen) atoms. The van der Waals surface area contributed by atoms with Crippen molar-refractivity contribution >= 4 is 11.7 Å². The molecule has 3 rings (SSSR count). The van der Waals surface area contributed by atoms with Crippen LogP contribution in [0.4, 0.5) is 14.9 Å². The highest BCUT2D eigenvalue weighted by molar-refractivity contribution is 5.89. The van der Waals surface area contributed by atoms with Crippen LogP contribution in [-0.2, 0) is 6.54 Å². The molecule has 2 aromatic carbocycles. The van der Waals surface area contributed by atoms with Crippen molar-refractivity contribution in [2.24, 2.45) is 5.92 Å². The van der Waals surface area contributed by atoms with Gasteiger partial charge in [-0.2, -0.15) is 0 Å². The Morgan fingerprint density at radius 3 is 2.44 bits per heavy atom. The molecule has 144 valence electrons. The maximum Gasteiger partial charge on any atom is 0.319 e. The zero-order valence-electron chi connectivity index (χ0n) is 16.1. The SMILES string of the molecule is Cc1cc(C)cc(NC(=O)NCC2CCN(Cc3ccccc3F)CC2)c1. The van der Waals surface area contributed by atoms with E-state index in [0.29, 0.717) is 19.0 Å². The maximum atomic E-state index is 13.8. The molecule has 0 unspecified atom stereocenters. The predicted octanol–water partition coefficient (Wildman–Crippen LogP) is 4.48. The summed E-state index contributed by atoms with van der Waals surface area (Å²) in [6.45, 7) is 7.22. The van der Waals surface area contributed by atoms with Gasteiger partial charge in [-0.15, -0.1) is 0 Å². The van der Waals surface area contributed by atoms with Gasteiger partial charge in [0, 0.05) is 24.3 Å². The summed E-state index contributed by atoms with van der Waals surface area (Å²) >= 11 is 0. The van der Waals surface area contributed by atoms with Gasteiger partial charge in [0.2, 0.25) is 0 Å². The number of hydrogen-bond donors (Lipinski definition) is 2. The van der Waals surface area contributed by atoms with E-state index in [-0.39, 0.29) is 11.8 Å². The highest BCUT2D eigenvalue weighted by Gasteiger charge is 2.20. The van der Waals surface area contributed by atoms with Gasteiger partial charge >= 0.3 is 6.03 Å². The van der Waals surface area contributed by atoms with Crippen LogP contribution in [0.25, 0.3) is 0 Å². The van der Waals surface area contributed by atoms with Crippen LogP contribution in [0.15, 0.2) is 42.5 Å². The lowest BCUT2D eigenvalue weighted by Crippen LogP contribution is -2.39. The molecular weight excluding hydrogens is 341 g/mol. The number of rotatable bonds is 5. The van der Waals surface area contributed by atoms with Crippen molar-refractivity contribution in [2.45, 2.75) is 33.2 Å². The van der Waals surface area contributed by atoms with Crippen molar-refractivity contribution < 1.29 is 9.18 Å². The number of nitrogens with one attached hydrogen (secondary N) is 2. The molecule has 1 aliphatic heterocycles. The number of likely N-dealkylation sites (tertiary alicyclic amines) is 1. The Hall–Kier alpha value is -2.40. The molecule has 0 aromatic heterocycles. The molecule has 0 spiro atoms. The number of halogens is 1. The number of anilines is 1. The van der Waals surface area contributed by atoms with Crippen LogP contribution >= 0.6 is 0 Å². The smallest absolute Gasteiger partial charge is 0.319 e. The summed E-state index contributed by atoms with van der Waals surface area (Å²) in [6, 6.07) is 12.8. The van der Waals surface area contributed by atoms with Crippen molar-refractivity contribution in [2.75, 3.05) is 25.0 Å². The highest BCUT2D eigenvalue weighted by Crippen LogP contribution is 2.19. The second-order valence-electron chi connectivity index (χ2n) is 7.52. The van der Waals surface area contributed by atoms with Gasteiger partial charge in [0.15, 0.2) is 0 Å². The number of nitrogens with zero attached hydrogens (tertiary/aromatic N) is 1. The molecule has 2 amide bonds. The second-order valence-corrected chi connectivity index (χ2v) is 7.52. The van der Waals surface area contributed by atoms with Crippen molar-refractivity contribution in [3.8, 4) is 0 Å². The zero-order chi connectivity index (χ0) is 19.2. The molecule has 1 heterocycles. The first-order valence-corrected chi connectivity index (χ1v) is 9.58. The van der Waals surface area contributed by atoms with Gasteiger partial charge in [-0.3, -0.25) is 4.90 Å². The topological polar surface area (TPSA) is 44.4 Å².